The zero-order valence-corrected chi connectivity index (χ0v) is 12.4. The minimum absolute atomic E-state index is 0. The molecule has 5 nitrogen and oxygen atoms in total. The summed E-state index contributed by atoms with van der Waals surface area (Å²) in [7, 11) is -3.78. The Hall–Kier alpha value is -0.184. The van der Waals surface area contributed by atoms with Gasteiger partial charge in [0.2, 0.25) is 0 Å². The molecule has 0 saturated heterocycles. The van der Waals surface area contributed by atoms with Crippen molar-refractivity contribution in [1.29, 1.82) is 0 Å². The van der Waals surface area contributed by atoms with E-state index < -0.39 is 21.7 Å². The van der Waals surface area contributed by atoms with Gasteiger partial charge >= 0.3 is 51.4 Å². The number of carboxylic acid groups (broad SMARTS) is 1. The van der Waals surface area contributed by atoms with Crippen LogP contribution in [0.5, 0.6) is 0 Å². The smallest absolute Gasteiger partial charge is 0.543 e. The van der Waals surface area contributed by atoms with Crippen molar-refractivity contribution in [2.45, 2.75) is 4.90 Å². The molecule has 0 fully saturated rings. The topological polar surface area (TPSA) is 86.3 Å². The molecule has 0 radical (unpaired) electrons. The molecular formula is C9H6KNO4S. The van der Waals surface area contributed by atoms with E-state index in [0.29, 0.717) is 5.56 Å². The zero-order chi connectivity index (χ0) is 11.1. The fourth-order valence-corrected chi connectivity index (χ4v) is 2.57. The van der Waals surface area contributed by atoms with Gasteiger partial charge in [-0.2, -0.15) is 0 Å². The van der Waals surface area contributed by atoms with Gasteiger partial charge in [0.05, 0.1) is 16.6 Å². The predicted octanol–water partition coefficient (Wildman–Crippen LogP) is -3.93. The summed E-state index contributed by atoms with van der Waals surface area (Å²) >= 11 is 0. The van der Waals surface area contributed by atoms with Crippen LogP contribution in [0.4, 0.5) is 0 Å². The summed E-state index contributed by atoms with van der Waals surface area (Å²) in [6.07, 6.45) is 1.23. The summed E-state index contributed by atoms with van der Waals surface area (Å²) in [5.41, 5.74) is -0.107. The zero-order valence-electron chi connectivity index (χ0n) is 8.43. The van der Waals surface area contributed by atoms with Gasteiger partial charge in [0.15, 0.2) is 0 Å². The molecule has 0 aliphatic carbocycles. The van der Waals surface area contributed by atoms with Gasteiger partial charge in [0, 0.05) is 0 Å². The molecule has 1 aromatic rings. The molecule has 0 saturated carbocycles. The predicted molar refractivity (Wildman–Crippen MR) is 49.7 cm³/mol. The van der Waals surface area contributed by atoms with Gasteiger partial charge < -0.3 is 9.90 Å². The molecule has 0 amide bonds. The first-order valence-electron chi connectivity index (χ1n) is 4.05. The molecule has 1 N–H and O–H groups in total. The van der Waals surface area contributed by atoms with E-state index in [2.05, 4.69) is 0 Å². The number of benzene rings is 1. The number of carbonyl (C=O) groups is 1. The van der Waals surface area contributed by atoms with Crippen molar-refractivity contribution in [3.63, 3.8) is 0 Å². The normalized spacial score (nSPS) is 16.1. The molecule has 1 aliphatic rings. The van der Waals surface area contributed by atoms with Crippen LogP contribution in [0.25, 0.3) is 6.08 Å². The second kappa shape index (κ2) is 4.99. The number of carbonyl (C=O) groups excluding carboxylic acids is 1. The van der Waals surface area contributed by atoms with Gasteiger partial charge in [0.1, 0.15) is 0 Å². The maximum atomic E-state index is 11.5. The van der Waals surface area contributed by atoms with E-state index in [1.54, 1.807) is 12.1 Å². The average Bonchev–Trinajstić information content (AvgIpc) is 2.16. The second-order valence-corrected chi connectivity index (χ2v) is 4.64. The van der Waals surface area contributed by atoms with E-state index in [4.69, 9.17) is 0 Å². The van der Waals surface area contributed by atoms with Crippen molar-refractivity contribution in [3.8, 4) is 0 Å². The van der Waals surface area contributed by atoms with Crippen molar-refractivity contribution in [2.75, 3.05) is 0 Å². The molecule has 2 rings (SSSR count). The molecule has 0 unspecified atom stereocenters. The Morgan fingerprint density at radius 3 is 2.50 bits per heavy atom. The van der Waals surface area contributed by atoms with E-state index in [1.807, 2.05) is 4.72 Å². The third kappa shape index (κ3) is 2.55. The molecule has 78 valence electrons. The first-order chi connectivity index (χ1) is 7.00. The summed E-state index contributed by atoms with van der Waals surface area (Å²) in [5.74, 6) is -1.55. The Morgan fingerprint density at radius 1 is 1.25 bits per heavy atom. The minimum atomic E-state index is -3.78. The molecule has 0 bridgehead atoms. The van der Waals surface area contributed by atoms with Crippen LogP contribution in [-0.2, 0) is 14.8 Å². The molecule has 7 heteroatoms. The number of hydrogen-bond donors (Lipinski definition) is 1. The molecule has 1 aliphatic heterocycles. The molecular weight excluding hydrogens is 257 g/mol. The molecule has 0 spiro atoms. The fourth-order valence-electron chi connectivity index (χ4n) is 1.33. The Balaban J connectivity index is 0.00000128. The molecule has 1 aromatic carbocycles. The van der Waals surface area contributed by atoms with Crippen LogP contribution in [0.3, 0.4) is 0 Å². The van der Waals surface area contributed by atoms with Gasteiger partial charge in [-0.3, -0.25) is 4.72 Å². The third-order valence-electron chi connectivity index (χ3n) is 1.97. The molecule has 0 atom stereocenters. The van der Waals surface area contributed by atoms with Gasteiger partial charge in [-0.1, -0.05) is 18.2 Å². The van der Waals surface area contributed by atoms with Crippen molar-refractivity contribution >= 4 is 22.1 Å². The summed E-state index contributed by atoms with van der Waals surface area (Å²) in [4.78, 5) is 10.6. The first-order valence-corrected chi connectivity index (χ1v) is 5.54. The Kier molecular flexibility index (Phi) is 4.33. The number of carboxylic acids is 1. The van der Waals surface area contributed by atoms with Crippen LogP contribution in [0, 0.1) is 0 Å². The average molecular weight is 263 g/mol. The second-order valence-electron chi connectivity index (χ2n) is 2.99. The minimum Gasteiger partial charge on any atom is -0.543 e. The molecule has 1 heterocycles. The number of sulfonamides is 1. The quantitative estimate of drug-likeness (QED) is 0.524. The number of nitrogens with one attached hydrogen (secondary N) is 1. The van der Waals surface area contributed by atoms with Crippen molar-refractivity contribution in [1.82, 2.24) is 4.72 Å². The van der Waals surface area contributed by atoms with Crippen LogP contribution in [0.1, 0.15) is 5.56 Å². The molecule has 0 aromatic heterocycles. The van der Waals surface area contributed by atoms with Crippen LogP contribution in [0.15, 0.2) is 34.9 Å². The van der Waals surface area contributed by atoms with Gasteiger partial charge in [-0.15, -0.1) is 0 Å². The van der Waals surface area contributed by atoms with E-state index in [0.717, 1.165) is 0 Å². The third-order valence-corrected chi connectivity index (χ3v) is 3.41. The standard InChI is InChI=1S/C9H7NO4S.K/c11-9(12)7-5-6-3-1-2-4-8(6)15(13,14)10-7;/h1-5,10H,(H,11,12);/q;+1/p-1. The molecule has 16 heavy (non-hydrogen) atoms. The number of aliphatic carboxylic acids is 1. The summed E-state index contributed by atoms with van der Waals surface area (Å²) in [6, 6.07) is 6.12. The van der Waals surface area contributed by atoms with Gasteiger partial charge in [0.25, 0.3) is 10.0 Å². The van der Waals surface area contributed by atoms with Crippen LogP contribution >= 0.6 is 0 Å². The maximum absolute atomic E-state index is 11.5. The largest absolute Gasteiger partial charge is 1.00 e. The number of rotatable bonds is 1. The van der Waals surface area contributed by atoms with E-state index in [9.17, 15) is 18.3 Å². The van der Waals surface area contributed by atoms with Crippen LogP contribution in [0.2, 0.25) is 0 Å². The van der Waals surface area contributed by atoms with Crippen LogP contribution in [-0.4, -0.2) is 14.4 Å². The van der Waals surface area contributed by atoms with Gasteiger partial charge in [-0.05, 0) is 17.7 Å². The summed E-state index contributed by atoms with van der Waals surface area (Å²) < 4.78 is 25.0. The number of fused-ring (bicyclic) bond motifs is 1. The first kappa shape index (κ1) is 13.9. The Labute approximate surface area is 135 Å². The number of hydrogen-bond acceptors (Lipinski definition) is 4. The fraction of sp³-hybridized carbons (Fsp3) is 0. The van der Waals surface area contributed by atoms with Crippen molar-refractivity contribution in [2.24, 2.45) is 0 Å². The summed E-state index contributed by atoms with van der Waals surface area (Å²) in [6.45, 7) is 0. The Morgan fingerprint density at radius 2 is 1.88 bits per heavy atom. The SMILES string of the molecule is O=C([O-])C1=Cc2ccccc2S(=O)(=O)N1.[K+]. The monoisotopic (exact) mass is 263 g/mol. The van der Waals surface area contributed by atoms with E-state index >= 15 is 0 Å². The van der Waals surface area contributed by atoms with Crippen LogP contribution < -0.4 is 61.2 Å². The van der Waals surface area contributed by atoms with Crippen molar-refractivity contribution in [3.05, 3.63) is 35.5 Å². The van der Waals surface area contributed by atoms with Crippen molar-refractivity contribution < 1.29 is 69.7 Å². The Bertz CT molecular complexity index is 565. The van der Waals surface area contributed by atoms with Gasteiger partial charge in [-0.25, -0.2) is 8.42 Å². The maximum Gasteiger partial charge on any atom is 1.00 e. The van der Waals surface area contributed by atoms with E-state index in [1.165, 1.54) is 18.2 Å². The van der Waals surface area contributed by atoms with E-state index in [-0.39, 0.29) is 56.3 Å². The summed E-state index contributed by atoms with van der Waals surface area (Å²) in [5, 5.41) is 10.5.